The third-order valence-corrected chi connectivity index (χ3v) is 5.67. The van der Waals surface area contributed by atoms with E-state index in [9.17, 15) is 14.4 Å². The summed E-state index contributed by atoms with van der Waals surface area (Å²) in [4.78, 5) is 35.5. The summed E-state index contributed by atoms with van der Waals surface area (Å²) in [6.07, 6.45) is 2.57. The Morgan fingerprint density at radius 1 is 1.21 bits per heavy atom. The first-order valence-corrected chi connectivity index (χ1v) is 9.68. The summed E-state index contributed by atoms with van der Waals surface area (Å²) in [5, 5.41) is 27.8. The standard InChI is InChI=1S/C18H20N4O5S/c23-15(24)9-14-16(25)20-18(28-14)21-19-10-11-1-3-13(4-2-11)22-7-5-12(6-8-22)17(26)27/h1-4,10,12,14H,5-9H2,(H,23,24)(H,26,27)(H,20,21,25). The van der Waals surface area contributed by atoms with Crippen LogP contribution in [0.2, 0.25) is 0 Å². The van der Waals surface area contributed by atoms with Gasteiger partial charge in [0.15, 0.2) is 5.17 Å². The van der Waals surface area contributed by atoms with Crippen molar-refractivity contribution in [1.82, 2.24) is 5.32 Å². The van der Waals surface area contributed by atoms with Gasteiger partial charge in [0.2, 0.25) is 5.91 Å². The number of rotatable bonds is 6. The minimum absolute atomic E-state index is 0.259. The maximum absolute atomic E-state index is 11.6. The summed E-state index contributed by atoms with van der Waals surface area (Å²) >= 11 is 1.05. The molecule has 2 fully saturated rings. The lowest BCUT2D eigenvalue weighted by Crippen LogP contribution is -2.36. The topological polar surface area (TPSA) is 132 Å². The number of hydrogen-bond donors (Lipinski definition) is 3. The van der Waals surface area contributed by atoms with E-state index in [0.717, 1.165) is 23.0 Å². The van der Waals surface area contributed by atoms with Gasteiger partial charge in [-0.05, 0) is 30.5 Å². The highest BCUT2D eigenvalue weighted by molar-refractivity contribution is 8.15. The Labute approximate surface area is 165 Å². The van der Waals surface area contributed by atoms with E-state index in [4.69, 9.17) is 10.2 Å². The second-order valence-electron chi connectivity index (χ2n) is 6.53. The highest BCUT2D eigenvalue weighted by atomic mass is 32.2. The van der Waals surface area contributed by atoms with Crippen molar-refractivity contribution in [2.75, 3.05) is 18.0 Å². The first-order chi connectivity index (χ1) is 13.4. The van der Waals surface area contributed by atoms with Gasteiger partial charge < -0.3 is 20.4 Å². The van der Waals surface area contributed by atoms with Gasteiger partial charge in [-0.1, -0.05) is 23.9 Å². The highest BCUT2D eigenvalue weighted by Crippen LogP contribution is 2.24. The molecule has 10 heteroatoms. The number of thioether (sulfide) groups is 1. The van der Waals surface area contributed by atoms with E-state index in [-0.39, 0.29) is 23.4 Å². The summed E-state index contributed by atoms with van der Waals surface area (Å²) in [7, 11) is 0. The van der Waals surface area contributed by atoms with Crippen molar-refractivity contribution >= 4 is 46.7 Å². The molecule has 3 N–H and O–H groups in total. The summed E-state index contributed by atoms with van der Waals surface area (Å²) in [6.45, 7) is 1.43. The number of carbonyl (C=O) groups is 3. The number of piperidine rings is 1. The quantitative estimate of drug-likeness (QED) is 0.482. The van der Waals surface area contributed by atoms with Crippen LogP contribution in [0.4, 0.5) is 5.69 Å². The molecule has 2 aliphatic heterocycles. The number of hydrogen-bond acceptors (Lipinski definition) is 7. The highest BCUT2D eigenvalue weighted by Gasteiger charge is 2.32. The monoisotopic (exact) mass is 404 g/mol. The second-order valence-corrected chi connectivity index (χ2v) is 7.73. The minimum atomic E-state index is -1.04. The van der Waals surface area contributed by atoms with Gasteiger partial charge in [-0.15, -0.1) is 5.10 Å². The first-order valence-electron chi connectivity index (χ1n) is 8.80. The molecule has 0 radical (unpaired) electrons. The van der Waals surface area contributed by atoms with Gasteiger partial charge in [0.25, 0.3) is 0 Å². The van der Waals surface area contributed by atoms with Crippen LogP contribution in [0.1, 0.15) is 24.8 Å². The number of carboxylic acids is 2. The van der Waals surface area contributed by atoms with E-state index in [0.29, 0.717) is 25.9 Å². The number of amidine groups is 1. The molecular weight excluding hydrogens is 384 g/mol. The lowest BCUT2D eigenvalue weighted by Gasteiger charge is -2.31. The molecule has 1 aromatic carbocycles. The van der Waals surface area contributed by atoms with E-state index < -0.39 is 17.2 Å². The number of amides is 1. The normalized spacial score (nSPS) is 22.0. The van der Waals surface area contributed by atoms with Gasteiger partial charge in [-0.3, -0.25) is 14.4 Å². The lowest BCUT2D eigenvalue weighted by atomic mass is 9.96. The van der Waals surface area contributed by atoms with E-state index >= 15 is 0 Å². The van der Waals surface area contributed by atoms with Crippen LogP contribution < -0.4 is 10.2 Å². The van der Waals surface area contributed by atoms with Crippen LogP contribution in [0.15, 0.2) is 34.5 Å². The van der Waals surface area contributed by atoms with Crippen molar-refractivity contribution in [3.63, 3.8) is 0 Å². The number of benzene rings is 1. The molecular formula is C18H20N4O5S. The zero-order valence-electron chi connectivity index (χ0n) is 14.9. The predicted octanol–water partition coefficient (Wildman–Crippen LogP) is 1.38. The number of nitrogens with one attached hydrogen (secondary N) is 1. The molecule has 1 unspecified atom stereocenters. The molecule has 0 aromatic heterocycles. The van der Waals surface area contributed by atoms with Gasteiger partial charge in [0.1, 0.15) is 5.25 Å². The molecule has 3 rings (SSSR count). The molecule has 1 atom stereocenters. The average Bonchev–Trinajstić information content (AvgIpc) is 3.01. The smallest absolute Gasteiger partial charge is 0.306 e. The maximum Gasteiger partial charge on any atom is 0.306 e. The van der Waals surface area contributed by atoms with Gasteiger partial charge in [-0.2, -0.15) is 5.10 Å². The van der Waals surface area contributed by atoms with Gasteiger partial charge in [0, 0.05) is 18.8 Å². The summed E-state index contributed by atoms with van der Waals surface area (Å²) in [6, 6.07) is 7.67. The molecule has 0 saturated carbocycles. The van der Waals surface area contributed by atoms with Gasteiger partial charge >= 0.3 is 11.9 Å². The molecule has 0 spiro atoms. The van der Waals surface area contributed by atoms with Crippen LogP contribution in [0.5, 0.6) is 0 Å². The van der Waals surface area contributed by atoms with Crippen LogP contribution in [0.25, 0.3) is 0 Å². The molecule has 1 amide bonds. The van der Waals surface area contributed by atoms with E-state index in [2.05, 4.69) is 20.4 Å². The van der Waals surface area contributed by atoms with E-state index in [1.165, 1.54) is 0 Å². The Balaban J connectivity index is 1.54. The molecule has 9 nitrogen and oxygen atoms in total. The van der Waals surface area contributed by atoms with Crippen LogP contribution in [0, 0.1) is 5.92 Å². The summed E-state index contributed by atoms with van der Waals surface area (Å²) in [5.41, 5.74) is 1.85. The third kappa shape index (κ3) is 5.10. The minimum Gasteiger partial charge on any atom is -0.481 e. The van der Waals surface area contributed by atoms with Crippen LogP contribution in [-0.2, 0) is 14.4 Å². The summed E-state index contributed by atoms with van der Waals surface area (Å²) in [5.74, 6) is -2.40. The Kier molecular flexibility index (Phi) is 6.30. The number of anilines is 1. The van der Waals surface area contributed by atoms with Crippen molar-refractivity contribution < 1.29 is 24.6 Å². The summed E-state index contributed by atoms with van der Waals surface area (Å²) < 4.78 is 0. The molecule has 0 bridgehead atoms. The second kappa shape index (κ2) is 8.87. The molecule has 2 heterocycles. The van der Waals surface area contributed by atoms with Crippen molar-refractivity contribution in [3.8, 4) is 0 Å². The van der Waals surface area contributed by atoms with Crippen LogP contribution in [0.3, 0.4) is 0 Å². The molecule has 148 valence electrons. The van der Waals surface area contributed by atoms with Gasteiger partial charge in [0.05, 0.1) is 18.6 Å². The van der Waals surface area contributed by atoms with Crippen molar-refractivity contribution in [1.29, 1.82) is 0 Å². The predicted molar refractivity (Wildman–Crippen MR) is 106 cm³/mol. The Morgan fingerprint density at radius 3 is 2.50 bits per heavy atom. The molecule has 1 aromatic rings. The fourth-order valence-corrected chi connectivity index (χ4v) is 3.96. The van der Waals surface area contributed by atoms with Gasteiger partial charge in [-0.25, -0.2) is 0 Å². The number of aliphatic carboxylic acids is 2. The van der Waals surface area contributed by atoms with Crippen molar-refractivity contribution in [2.24, 2.45) is 16.1 Å². The lowest BCUT2D eigenvalue weighted by molar-refractivity contribution is -0.142. The zero-order valence-corrected chi connectivity index (χ0v) is 15.8. The molecule has 0 aliphatic carbocycles. The Bertz CT molecular complexity index is 816. The fourth-order valence-electron chi connectivity index (χ4n) is 3.05. The average molecular weight is 404 g/mol. The van der Waals surface area contributed by atoms with Crippen LogP contribution >= 0.6 is 11.8 Å². The van der Waals surface area contributed by atoms with Crippen molar-refractivity contribution in [2.45, 2.75) is 24.5 Å². The fraction of sp³-hybridized carbons (Fsp3) is 0.389. The molecule has 2 aliphatic rings. The maximum atomic E-state index is 11.6. The molecule has 28 heavy (non-hydrogen) atoms. The number of nitrogens with zero attached hydrogens (tertiary/aromatic N) is 3. The van der Waals surface area contributed by atoms with Crippen LogP contribution in [-0.4, -0.2) is 57.8 Å². The largest absolute Gasteiger partial charge is 0.481 e. The zero-order chi connectivity index (χ0) is 20.1. The number of carbonyl (C=O) groups excluding carboxylic acids is 1. The third-order valence-electron chi connectivity index (χ3n) is 4.59. The SMILES string of the molecule is O=C(O)CC1SC(=NN=Cc2ccc(N3CCC(C(=O)O)CC3)cc2)NC1=O. The Morgan fingerprint density at radius 2 is 1.89 bits per heavy atom. The Hall–Kier alpha value is -2.88. The van der Waals surface area contributed by atoms with E-state index in [1.54, 1.807) is 6.21 Å². The number of carboxylic acid groups (broad SMARTS) is 2. The molecule has 2 saturated heterocycles. The van der Waals surface area contributed by atoms with E-state index in [1.807, 2.05) is 24.3 Å². The van der Waals surface area contributed by atoms with Crippen molar-refractivity contribution in [3.05, 3.63) is 29.8 Å². The first kappa shape index (κ1) is 19.9.